The maximum absolute atomic E-state index is 13.2. The Labute approximate surface area is 165 Å². The molecule has 0 fully saturated rings. The Bertz CT molecular complexity index is 1030. The number of benzene rings is 2. The second-order valence-electron chi connectivity index (χ2n) is 7.56. The van der Waals surface area contributed by atoms with Gasteiger partial charge in [0.2, 0.25) is 0 Å². The summed E-state index contributed by atoms with van der Waals surface area (Å²) in [5.74, 6) is 0.0640. The predicted molar refractivity (Wildman–Crippen MR) is 111 cm³/mol. The van der Waals surface area contributed by atoms with Gasteiger partial charge in [0.15, 0.2) is 0 Å². The zero-order chi connectivity index (χ0) is 18.9. The Kier molecular flexibility index (Phi) is 4.32. The van der Waals surface area contributed by atoms with Crippen LogP contribution in [0.4, 0.5) is 11.4 Å². The number of para-hydroxylation sites is 1. The number of anilines is 2. The summed E-state index contributed by atoms with van der Waals surface area (Å²) in [7, 11) is 0. The molecule has 3 heterocycles. The molecular formula is C24H23N3O. The molecule has 0 saturated heterocycles. The summed E-state index contributed by atoms with van der Waals surface area (Å²) < 4.78 is 0. The van der Waals surface area contributed by atoms with Crippen LogP contribution in [0.25, 0.3) is 0 Å². The van der Waals surface area contributed by atoms with Crippen molar-refractivity contribution in [2.75, 3.05) is 18.0 Å². The number of carbonyl (C=O) groups is 1. The van der Waals surface area contributed by atoms with Crippen molar-refractivity contribution < 1.29 is 4.79 Å². The van der Waals surface area contributed by atoms with Gasteiger partial charge in [-0.3, -0.25) is 9.78 Å². The highest BCUT2D eigenvalue weighted by Gasteiger charge is 2.23. The maximum atomic E-state index is 13.2. The number of amides is 1. The number of nitrogens with zero attached hydrogens (tertiary/aromatic N) is 3. The number of fused-ring (bicyclic) bond motifs is 2. The molecule has 0 atom stereocenters. The van der Waals surface area contributed by atoms with E-state index in [1.54, 1.807) is 6.20 Å². The molecule has 0 saturated carbocycles. The van der Waals surface area contributed by atoms with E-state index in [-0.39, 0.29) is 5.91 Å². The number of aromatic nitrogens is 1. The van der Waals surface area contributed by atoms with Crippen LogP contribution in [0, 0.1) is 0 Å². The molecule has 140 valence electrons. The molecule has 28 heavy (non-hydrogen) atoms. The fourth-order valence-electron chi connectivity index (χ4n) is 4.35. The molecule has 1 amide bonds. The largest absolute Gasteiger partial charge is 0.340 e. The highest BCUT2D eigenvalue weighted by Crippen LogP contribution is 2.33. The van der Waals surface area contributed by atoms with Crippen LogP contribution in [-0.4, -0.2) is 28.9 Å². The van der Waals surface area contributed by atoms with Crippen molar-refractivity contribution >= 4 is 17.3 Å². The molecule has 0 unspecified atom stereocenters. The summed E-state index contributed by atoms with van der Waals surface area (Å²) in [6.07, 6.45) is 6.69. The third kappa shape index (κ3) is 3.05. The minimum absolute atomic E-state index is 0.0640. The van der Waals surface area contributed by atoms with Gasteiger partial charge in [0.05, 0.1) is 17.4 Å². The first-order chi connectivity index (χ1) is 13.8. The SMILES string of the molecule is O=C(c1cncc(N2CCCc3ccccc32)c1)N1CCc2ccccc2C1. The summed E-state index contributed by atoms with van der Waals surface area (Å²) >= 11 is 0. The van der Waals surface area contributed by atoms with E-state index in [2.05, 4.69) is 52.3 Å². The smallest absolute Gasteiger partial charge is 0.255 e. The molecule has 4 nitrogen and oxygen atoms in total. The fourth-order valence-corrected chi connectivity index (χ4v) is 4.35. The molecule has 4 heteroatoms. The molecule has 0 aliphatic carbocycles. The van der Waals surface area contributed by atoms with Gasteiger partial charge in [-0.2, -0.15) is 0 Å². The normalized spacial score (nSPS) is 15.7. The quantitative estimate of drug-likeness (QED) is 0.673. The molecule has 2 aliphatic heterocycles. The maximum Gasteiger partial charge on any atom is 0.255 e. The minimum Gasteiger partial charge on any atom is -0.340 e. The zero-order valence-electron chi connectivity index (χ0n) is 15.8. The monoisotopic (exact) mass is 369 g/mol. The Balaban J connectivity index is 1.42. The number of carbonyl (C=O) groups excluding carboxylic acids is 1. The Morgan fingerprint density at radius 2 is 1.64 bits per heavy atom. The van der Waals surface area contributed by atoms with Gasteiger partial charge in [-0.15, -0.1) is 0 Å². The lowest BCUT2D eigenvalue weighted by molar-refractivity contribution is 0.0734. The van der Waals surface area contributed by atoms with Crippen molar-refractivity contribution in [2.45, 2.75) is 25.8 Å². The molecule has 0 bridgehead atoms. The third-order valence-electron chi connectivity index (χ3n) is 5.81. The van der Waals surface area contributed by atoms with Gasteiger partial charge in [-0.05, 0) is 48.1 Å². The number of hydrogen-bond acceptors (Lipinski definition) is 3. The Hall–Kier alpha value is -3.14. The van der Waals surface area contributed by atoms with Crippen LogP contribution in [0.15, 0.2) is 67.0 Å². The van der Waals surface area contributed by atoms with Crippen molar-refractivity contribution in [1.29, 1.82) is 0 Å². The number of hydrogen-bond donors (Lipinski definition) is 0. The summed E-state index contributed by atoms with van der Waals surface area (Å²) in [5, 5.41) is 0. The topological polar surface area (TPSA) is 36.4 Å². The van der Waals surface area contributed by atoms with E-state index in [4.69, 9.17) is 0 Å². The minimum atomic E-state index is 0.0640. The molecule has 5 rings (SSSR count). The van der Waals surface area contributed by atoms with Gasteiger partial charge >= 0.3 is 0 Å². The molecule has 1 aromatic heterocycles. The highest BCUT2D eigenvalue weighted by molar-refractivity contribution is 5.95. The van der Waals surface area contributed by atoms with Crippen LogP contribution in [-0.2, 0) is 19.4 Å². The Morgan fingerprint density at radius 3 is 2.54 bits per heavy atom. The number of aryl methyl sites for hydroxylation is 1. The molecule has 0 N–H and O–H groups in total. The molecule has 3 aromatic rings. The molecule has 2 aliphatic rings. The highest BCUT2D eigenvalue weighted by atomic mass is 16.2. The van der Waals surface area contributed by atoms with Crippen molar-refractivity contribution in [1.82, 2.24) is 9.88 Å². The van der Waals surface area contributed by atoms with Gasteiger partial charge in [-0.1, -0.05) is 42.5 Å². The van der Waals surface area contributed by atoms with E-state index in [1.165, 1.54) is 22.4 Å². The van der Waals surface area contributed by atoms with Crippen LogP contribution >= 0.6 is 0 Å². The lowest BCUT2D eigenvalue weighted by Crippen LogP contribution is -2.36. The summed E-state index contributed by atoms with van der Waals surface area (Å²) in [5.41, 5.74) is 6.85. The average molecular weight is 369 g/mol. The van der Waals surface area contributed by atoms with Crippen LogP contribution in [0.5, 0.6) is 0 Å². The van der Waals surface area contributed by atoms with Gasteiger partial charge in [0.25, 0.3) is 5.91 Å². The number of pyridine rings is 1. The number of rotatable bonds is 2. The molecule has 2 aromatic carbocycles. The van der Waals surface area contributed by atoms with E-state index in [0.717, 1.165) is 38.0 Å². The molecule has 0 spiro atoms. The first kappa shape index (κ1) is 17.0. The van der Waals surface area contributed by atoms with E-state index in [1.807, 2.05) is 23.2 Å². The lowest BCUT2D eigenvalue weighted by atomic mass is 9.99. The second-order valence-corrected chi connectivity index (χ2v) is 7.56. The van der Waals surface area contributed by atoms with Gasteiger partial charge in [-0.25, -0.2) is 0 Å². The lowest BCUT2D eigenvalue weighted by Gasteiger charge is -2.32. The summed E-state index contributed by atoms with van der Waals surface area (Å²) in [4.78, 5) is 21.8. The molecular weight excluding hydrogens is 346 g/mol. The van der Waals surface area contributed by atoms with E-state index in [9.17, 15) is 4.79 Å². The zero-order valence-corrected chi connectivity index (χ0v) is 15.8. The van der Waals surface area contributed by atoms with Crippen molar-refractivity contribution in [2.24, 2.45) is 0 Å². The van der Waals surface area contributed by atoms with Crippen molar-refractivity contribution in [3.05, 3.63) is 89.2 Å². The third-order valence-corrected chi connectivity index (χ3v) is 5.81. The van der Waals surface area contributed by atoms with Gasteiger partial charge in [0.1, 0.15) is 0 Å². The Morgan fingerprint density at radius 1 is 0.857 bits per heavy atom. The standard InChI is InChI=1S/C24H23N3O/c28-24(26-13-11-18-6-1-2-8-20(18)17-26)21-14-22(16-25-15-21)27-12-5-9-19-7-3-4-10-23(19)27/h1-4,6-8,10,14-16H,5,9,11-13,17H2. The summed E-state index contributed by atoms with van der Waals surface area (Å²) in [6.45, 7) is 2.38. The van der Waals surface area contributed by atoms with Crippen molar-refractivity contribution in [3.8, 4) is 0 Å². The summed E-state index contributed by atoms with van der Waals surface area (Å²) in [6, 6.07) is 18.9. The van der Waals surface area contributed by atoms with Crippen LogP contribution in [0.1, 0.15) is 33.5 Å². The van der Waals surface area contributed by atoms with Crippen LogP contribution < -0.4 is 4.90 Å². The fraction of sp³-hybridized carbons (Fsp3) is 0.250. The van der Waals surface area contributed by atoms with E-state index < -0.39 is 0 Å². The van der Waals surface area contributed by atoms with E-state index >= 15 is 0 Å². The van der Waals surface area contributed by atoms with E-state index in [0.29, 0.717) is 12.1 Å². The average Bonchev–Trinajstić information content (AvgIpc) is 2.78. The second kappa shape index (κ2) is 7.12. The van der Waals surface area contributed by atoms with Crippen molar-refractivity contribution in [3.63, 3.8) is 0 Å². The van der Waals surface area contributed by atoms with Gasteiger partial charge in [0, 0.05) is 31.5 Å². The van der Waals surface area contributed by atoms with Crippen LogP contribution in [0.2, 0.25) is 0 Å². The first-order valence-electron chi connectivity index (χ1n) is 9.96. The predicted octanol–water partition coefficient (Wildman–Crippen LogP) is 4.36. The van der Waals surface area contributed by atoms with Crippen LogP contribution in [0.3, 0.4) is 0 Å². The first-order valence-corrected chi connectivity index (χ1v) is 9.96. The molecule has 0 radical (unpaired) electrons. The van der Waals surface area contributed by atoms with Gasteiger partial charge < -0.3 is 9.80 Å².